The maximum absolute atomic E-state index is 12.5. The van der Waals surface area contributed by atoms with Crippen LogP contribution in [-0.4, -0.2) is 12.4 Å². The van der Waals surface area contributed by atoms with Gasteiger partial charge in [-0.3, -0.25) is 4.79 Å². The Balaban J connectivity index is 1.36. The molecule has 1 aliphatic carbocycles. The van der Waals surface area contributed by atoms with E-state index in [0.717, 1.165) is 12.8 Å². The monoisotopic (exact) mass is 464 g/mol. The lowest BCUT2D eigenvalue weighted by Gasteiger charge is -2.26. The van der Waals surface area contributed by atoms with Crippen LogP contribution in [0.4, 0.5) is 0 Å². The first-order chi connectivity index (χ1) is 15.4. The molecule has 4 rings (SSSR count). The summed E-state index contributed by atoms with van der Waals surface area (Å²) in [5, 5.41) is 2.70. The molecule has 2 aromatic carbocycles. The number of allylic oxidation sites excluding steroid dienone is 2. The zero-order valence-electron chi connectivity index (χ0n) is 18.6. The van der Waals surface area contributed by atoms with Gasteiger partial charge >= 0.3 is 0 Å². The van der Waals surface area contributed by atoms with Crippen molar-refractivity contribution in [2.45, 2.75) is 38.7 Å². The van der Waals surface area contributed by atoms with Gasteiger partial charge in [0.25, 0.3) is 0 Å². The second kappa shape index (κ2) is 10.2. The van der Waals surface area contributed by atoms with E-state index in [1.165, 1.54) is 21.6 Å². The quantitative estimate of drug-likeness (QED) is 0.335. The van der Waals surface area contributed by atoms with Crippen LogP contribution in [-0.2, 0) is 28.0 Å². The molecule has 0 fully saturated rings. The molecule has 1 heterocycles. The number of carbonyl (C=O) groups is 1. The molecular weight excluding hydrogens is 436 g/mol. The molecule has 3 aromatic rings. The standard InChI is InChI=1S/C28H29ClO2S/c1-28(2,21-7-4-3-5-8-21)22-13-10-20(11-14-22)12-15-24-25(27(30)17-26(24)29)19-31-18-23-9-6-16-32-23/h3-11,13-14,16-17,24-25H,12,15,18-19H2,1-2H3/t24-,25-/m1/s1. The zero-order valence-corrected chi connectivity index (χ0v) is 20.2. The Hall–Kier alpha value is -2.20. The van der Waals surface area contributed by atoms with E-state index in [1.807, 2.05) is 17.5 Å². The molecule has 166 valence electrons. The van der Waals surface area contributed by atoms with Crippen LogP contribution in [0.3, 0.4) is 0 Å². The molecule has 1 aliphatic rings. The van der Waals surface area contributed by atoms with E-state index in [0.29, 0.717) is 18.2 Å². The van der Waals surface area contributed by atoms with E-state index in [2.05, 4.69) is 68.4 Å². The number of aryl methyl sites for hydroxylation is 1. The third-order valence-corrected chi connectivity index (χ3v) is 7.76. The van der Waals surface area contributed by atoms with Crippen molar-refractivity contribution >= 4 is 28.7 Å². The third kappa shape index (κ3) is 5.23. The molecule has 2 atom stereocenters. The highest BCUT2D eigenvalue weighted by atomic mass is 35.5. The molecule has 0 bridgehead atoms. The largest absolute Gasteiger partial charge is 0.375 e. The maximum Gasteiger partial charge on any atom is 0.162 e. The van der Waals surface area contributed by atoms with Crippen LogP contribution in [0, 0.1) is 11.8 Å². The van der Waals surface area contributed by atoms with Crippen molar-refractivity contribution in [3.63, 3.8) is 0 Å². The molecule has 1 aromatic heterocycles. The van der Waals surface area contributed by atoms with Crippen molar-refractivity contribution in [1.82, 2.24) is 0 Å². The maximum atomic E-state index is 12.5. The van der Waals surface area contributed by atoms with E-state index in [9.17, 15) is 4.79 Å². The van der Waals surface area contributed by atoms with Crippen molar-refractivity contribution in [2.75, 3.05) is 6.61 Å². The van der Waals surface area contributed by atoms with Gasteiger partial charge in [-0.2, -0.15) is 0 Å². The summed E-state index contributed by atoms with van der Waals surface area (Å²) in [6.45, 7) is 5.47. The average Bonchev–Trinajstić information content (AvgIpc) is 3.41. The lowest BCUT2D eigenvalue weighted by Crippen LogP contribution is -2.23. The number of halogens is 1. The second-order valence-corrected chi connectivity index (χ2v) is 10.4. The molecule has 4 heteroatoms. The SMILES string of the molecule is CC(C)(c1ccccc1)c1ccc(CC[C@H]2C(Cl)=CC(=O)[C@@H]2COCc2cccs2)cc1. The number of rotatable bonds is 9. The van der Waals surface area contributed by atoms with Crippen LogP contribution < -0.4 is 0 Å². The van der Waals surface area contributed by atoms with Gasteiger partial charge in [0.2, 0.25) is 0 Å². The lowest BCUT2D eigenvalue weighted by atomic mass is 9.78. The van der Waals surface area contributed by atoms with Crippen molar-refractivity contribution in [1.29, 1.82) is 0 Å². The Bertz CT molecular complexity index is 1050. The van der Waals surface area contributed by atoms with Crippen LogP contribution in [0.5, 0.6) is 0 Å². The van der Waals surface area contributed by atoms with Gasteiger partial charge in [0.15, 0.2) is 5.78 Å². The van der Waals surface area contributed by atoms with Crippen molar-refractivity contribution in [2.24, 2.45) is 11.8 Å². The number of ketones is 1. The summed E-state index contributed by atoms with van der Waals surface area (Å²) < 4.78 is 5.86. The molecule has 0 N–H and O–H groups in total. The number of benzene rings is 2. The minimum absolute atomic E-state index is 0.0351. The van der Waals surface area contributed by atoms with Gasteiger partial charge in [-0.05, 0) is 47.1 Å². The van der Waals surface area contributed by atoms with Gasteiger partial charge in [0.05, 0.1) is 19.1 Å². The van der Waals surface area contributed by atoms with Gasteiger partial charge < -0.3 is 4.74 Å². The van der Waals surface area contributed by atoms with E-state index in [4.69, 9.17) is 16.3 Å². The van der Waals surface area contributed by atoms with Crippen molar-refractivity contribution in [3.05, 3.63) is 105 Å². The minimum Gasteiger partial charge on any atom is -0.375 e. The Morgan fingerprint density at radius 1 is 0.938 bits per heavy atom. The zero-order chi connectivity index (χ0) is 22.6. The van der Waals surface area contributed by atoms with Gasteiger partial charge in [-0.25, -0.2) is 0 Å². The Morgan fingerprint density at radius 3 is 2.34 bits per heavy atom. The fourth-order valence-electron chi connectivity index (χ4n) is 4.39. The average molecular weight is 465 g/mol. The van der Waals surface area contributed by atoms with Crippen LogP contribution in [0.25, 0.3) is 0 Å². The molecule has 0 amide bonds. The highest BCUT2D eigenvalue weighted by molar-refractivity contribution is 7.09. The van der Waals surface area contributed by atoms with E-state index < -0.39 is 0 Å². The van der Waals surface area contributed by atoms with Crippen LogP contribution in [0.1, 0.15) is 41.8 Å². The summed E-state index contributed by atoms with van der Waals surface area (Å²) in [6.07, 6.45) is 3.32. The number of carbonyl (C=O) groups excluding carboxylic acids is 1. The Labute approximate surface area is 199 Å². The number of thiophene rings is 1. The molecule has 0 spiro atoms. The summed E-state index contributed by atoms with van der Waals surface area (Å²) >= 11 is 8.12. The molecule has 0 saturated carbocycles. The summed E-state index contributed by atoms with van der Waals surface area (Å²) in [6, 6.07) is 23.5. The second-order valence-electron chi connectivity index (χ2n) is 8.97. The predicted octanol–water partition coefficient (Wildman–Crippen LogP) is 7.16. The lowest BCUT2D eigenvalue weighted by molar-refractivity contribution is -0.120. The van der Waals surface area contributed by atoms with Crippen LogP contribution in [0.15, 0.2) is 83.2 Å². The van der Waals surface area contributed by atoms with Gasteiger partial charge in [0, 0.05) is 21.2 Å². The molecule has 32 heavy (non-hydrogen) atoms. The van der Waals surface area contributed by atoms with Crippen molar-refractivity contribution in [3.8, 4) is 0 Å². The molecule has 0 unspecified atom stereocenters. The highest BCUT2D eigenvalue weighted by Crippen LogP contribution is 2.36. The van der Waals surface area contributed by atoms with Crippen LogP contribution in [0.2, 0.25) is 0 Å². The summed E-state index contributed by atoms with van der Waals surface area (Å²) in [7, 11) is 0. The fraction of sp³-hybridized carbons (Fsp3) is 0.321. The molecule has 0 radical (unpaired) electrons. The Kier molecular flexibility index (Phi) is 7.30. The topological polar surface area (TPSA) is 26.3 Å². The first-order valence-corrected chi connectivity index (χ1v) is 12.4. The Morgan fingerprint density at radius 2 is 1.66 bits per heavy atom. The fourth-order valence-corrected chi connectivity index (χ4v) is 5.40. The molecule has 0 aliphatic heterocycles. The third-order valence-electron chi connectivity index (χ3n) is 6.52. The summed E-state index contributed by atoms with van der Waals surface area (Å²) in [5.41, 5.74) is 3.81. The summed E-state index contributed by atoms with van der Waals surface area (Å²) in [5.74, 6) is -0.0576. The van der Waals surface area contributed by atoms with E-state index >= 15 is 0 Å². The van der Waals surface area contributed by atoms with Gasteiger partial charge in [-0.15, -0.1) is 11.3 Å². The molecule has 2 nitrogen and oxygen atoms in total. The van der Waals surface area contributed by atoms with Crippen LogP contribution >= 0.6 is 22.9 Å². The highest BCUT2D eigenvalue weighted by Gasteiger charge is 2.35. The number of ether oxygens (including phenoxy) is 1. The van der Waals surface area contributed by atoms with Crippen molar-refractivity contribution < 1.29 is 9.53 Å². The molecule has 0 saturated heterocycles. The van der Waals surface area contributed by atoms with E-state index in [-0.39, 0.29) is 23.0 Å². The van der Waals surface area contributed by atoms with Gasteiger partial charge in [0.1, 0.15) is 0 Å². The first kappa shape index (κ1) is 23.0. The summed E-state index contributed by atoms with van der Waals surface area (Å²) in [4.78, 5) is 13.6. The minimum atomic E-state index is -0.182. The van der Waals surface area contributed by atoms with E-state index in [1.54, 1.807) is 17.4 Å². The molecular formula is C28H29ClO2S. The predicted molar refractivity (Wildman–Crippen MR) is 133 cm³/mol. The first-order valence-electron chi connectivity index (χ1n) is 11.1. The van der Waals surface area contributed by atoms with Gasteiger partial charge in [-0.1, -0.05) is 86.1 Å². The normalized spacial score (nSPS) is 18.7. The number of hydrogen-bond acceptors (Lipinski definition) is 3. The smallest absolute Gasteiger partial charge is 0.162 e. The number of hydrogen-bond donors (Lipinski definition) is 0.